The summed E-state index contributed by atoms with van der Waals surface area (Å²) in [5.74, 6) is -0.896. The second-order valence-electron chi connectivity index (χ2n) is 2.47. The molecular formula is C8H7Cl2N3O. The van der Waals surface area contributed by atoms with Crippen molar-refractivity contribution >= 4 is 35.1 Å². The van der Waals surface area contributed by atoms with Gasteiger partial charge in [-0.15, -0.1) is 0 Å². The Morgan fingerprint density at radius 1 is 1.29 bits per heavy atom. The van der Waals surface area contributed by atoms with Gasteiger partial charge in [0, 0.05) is 5.02 Å². The minimum Gasteiger partial charge on any atom is -0.370 e. The zero-order chi connectivity index (χ0) is 10.7. The molecule has 0 atom stereocenters. The Hall–Kier alpha value is -1.26. The Labute approximate surface area is 90.5 Å². The van der Waals surface area contributed by atoms with Gasteiger partial charge in [-0.25, -0.2) is 0 Å². The summed E-state index contributed by atoms with van der Waals surface area (Å²) in [5.41, 5.74) is 10.3. The van der Waals surface area contributed by atoms with Crippen LogP contribution in [0.5, 0.6) is 0 Å². The van der Waals surface area contributed by atoms with Crippen LogP contribution in [0, 0.1) is 0 Å². The van der Waals surface area contributed by atoms with Crippen molar-refractivity contribution in [1.82, 2.24) is 0 Å². The van der Waals surface area contributed by atoms with Gasteiger partial charge in [-0.3, -0.25) is 4.79 Å². The Morgan fingerprint density at radius 2 is 1.93 bits per heavy atom. The van der Waals surface area contributed by atoms with Crippen LogP contribution in [-0.4, -0.2) is 11.9 Å². The van der Waals surface area contributed by atoms with Gasteiger partial charge in [0.15, 0.2) is 5.96 Å². The number of aliphatic imine (C=N–C) groups is 1. The van der Waals surface area contributed by atoms with Crippen LogP contribution < -0.4 is 11.5 Å². The predicted molar refractivity (Wildman–Crippen MR) is 56.6 cm³/mol. The van der Waals surface area contributed by atoms with Crippen LogP contribution in [0.2, 0.25) is 10.0 Å². The van der Waals surface area contributed by atoms with Crippen molar-refractivity contribution in [2.24, 2.45) is 16.5 Å². The summed E-state index contributed by atoms with van der Waals surface area (Å²) in [6.07, 6.45) is 0. The maximum absolute atomic E-state index is 11.3. The summed E-state index contributed by atoms with van der Waals surface area (Å²) in [4.78, 5) is 14.7. The summed E-state index contributed by atoms with van der Waals surface area (Å²) in [6, 6.07) is 4.43. The number of rotatable bonds is 1. The quantitative estimate of drug-likeness (QED) is 0.567. The van der Waals surface area contributed by atoms with Crippen LogP contribution in [-0.2, 0) is 0 Å². The molecule has 0 unspecified atom stereocenters. The van der Waals surface area contributed by atoms with Crippen molar-refractivity contribution in [3.05, 3.63) is 33.8 Å². The lowest BCUT2D eigenvalue weighted by Crippen LogP contribution is -2.24. The highest BCUT2D eigenvalue weighted by molar-refractivity contribution is 6.36. The molecule has 0 aromatic heterocycles. The zero-order valence-corrected chi connectivity index (χ0v) is 8.51. The molecule has 0 aliphatic heterocycles. The van der Waals surface area contributed by atoms with E-state index in [0.717, 1.165) is 0 Å². The average Bonchev–Trinajstić information content (AvgIpc) is 2.01. The van der Waals surface area contributed by atoms with Gasteiger partial charge in [0.1, 0.15) is 0 Å². The zero-order valence-electron chi connectivity index (χ0n) is 7.00. The number of benzene rings is 1. The molecule has 0 radical (unpaired) electrons. The molecule has 1 aromatic carbocycles. The molecule has 0 saturated heterocycles. The number of hydrogen-bond donors (Lipinski definition) is 2. The average molecular weight is 232 g/mol. The van der Waals surface area contributed by atoms with Gasteiger partial charge in [0.2, 0.25) is 0 Å². The van der Waals surface area contributed by atoms with Crippen molar-refractivity contribution in [2.75, 3.05) is 0 Å². The van der Waals surface area contributed by atoms with Crippen molar-refractivity contribution in [2.45, 2.75) is 0 Å². The first kappa shape index (κ1) is 10.8. The van der Waals surface area contributed by atoms with Gasteiger partial charge in [0.05, 0.1) is 10.6 Å². The number of guanidine groups is 1. The van der Waals surface area contributed by atoms with Gasteiger partial charge in [0.25, 0.3) is 5.91 Å². The fourth-order valence-electron chi connectivity index (χ4n) is 0.840. The van der Waals surface area contributed by atoms with Crippen LogP contribution in [0.1, 0.15) is 10.4 Å². The molecule has 0 spiro atoms. The lowest BCUT2D eigenvalue weighted by Gasteiger charge is -1.99. The predicted octanol–water partition coefficient (Wildman–Crippen LogP) is 1.41. The van der Waals surface area contributed by atoms with E-state index in [1.54, 1.807) is 0 Å². The summed E-state index contributed by atoms with van der Waals surface area (Å²) in [6.45, 7) is 0. The van der Waals surface area contributed by atoms with Gasteiger partial charge >= 0.3 is 0 Å². The van der Waals surface area contributed by atoms with Gasteiger partial charge in [-0.05, 0) is 18.2 Å². The number of nitrogens with zero attached hydrogens (tertiary/aromatic N) is 1. The Morgan fingerprint density at radius 3 is 2.43 bits per heavy atom. The van der Waals surface area contributed by atoms with Crippen LogP contribution in [0.25, 0.3) is 0 Å². The smallest absolute Gasteiger partial charge is 0.281 e. The SMILES string of the molecule is NC(N)=NC(=O)c1ccc(Cl)cc1Cl. The Bertz CT molecular complexity index is 400. The molecule has 0 aliphatic carbocycles. The fourth-order valence-corrected chi connectivity index (χ4v) is 1.33. The van der Waals surface area contributed by atoms with Crippen LogP contribution in [0.15, 0.2) is 23.2 Å². The lowest BCUT2D eigenvalue weighted by atomic mass is 10.2. The van der Waals surface area contributed by atoms with Crippen LogP contribution >= 0.6 is 23.2 Å². The lowest BCUT2D eigenvalue weighted by molar-refractivity contribution is 0.100. The molecule has 1 rings (SSSR count). The van der Waals surface area contributed by atoms with Gasteiger partial charge < -0.3 is 11.5 Å². The maximum atomic E-state index is 11.3. The molecular weight excluding hydrogens is 225 g/mol. The molecule has 14 heavy (non-hydrogen) atoms. The minimum atomic E-state index is -0.591. The first-order valence-electron chi connectivity index (χ1n) is 3.59. The summed E-state index contributed by atoms with van der Waals surface area (Å²) < 4.78 is 0. The number of hydrogen-bond acceptors (Lipinski definition) is 1. The molecule has 4 nitrogen and oxygen atoms in total. The number of carbonyl (C=O) groups is 1. The van der Waals surface area contributed by atoms with Gasteiger partial charge in [-0.2, -0.15) is 4.99 Å². The molecule has 1 amide bonds. The monoisotopic (exact) mass is 231 g/mol. The highest BCUT2D eigenvalue weighted by Gasteiger charge is 2.09. The maximum Gasteiger partial charge on any atom is 0.281 e. The summed E-state index contributed by atoms with van der Waals surface area (Å²) >= 11 is 11.4. The Kier molecular flexibility index (Phi) is 3.33. The first-order valence-corrected chi connectivity index (χ1v) is 4.35. The van der Waals surface area contributed by atoms with E-state index in [2.05, 4.69) is 4.99 Å². The molecule has 0 saturated carbocycles. The van der Waals surface area contributed by atoms with Crippen molar-refractivity contribution in [3.63, 3.8) is 0 Å². The van der Waals surface area contributed by atoms with Crippen molar-refractivity contribution < 1.29 is 4.79 Å². The molecule has 0 fully saturated rings. The normalized spacial score (nSPS) is 9.57. The van der Waals surface area contributed by atoms with Crippen LogP contribution in [0.4, 0.5) is 0 Å². The summed E-state index contributed by atoms with van der Waals surface area (Å²) in [5, 5.41) is 0.656. The van der Waals surface area contributed by atoms with E-state index in [1.807, 2.05) is 0 Å². The van der Waals surface area contributed by atoms with Crippen molar-refractivity contribution in [1.29, 1.82) is 0 Å². The number of nitrogens with two attached hydrogens (primary N) is 2. The largest absolute Gasteiger partial charge is 0.370 e. The molecule has 4 N–H and O–H groups in total. The van der Waals surface area contributed by atoms with Gasteiger partial charge in [-0.1, -0.05) is 23.2 Å². The standard InChI is InChI=1S/C8H7Cl2N3O/c9-4-1-2-5(6(10)3-4)7(14)13-8(11)12/h1-3H,(H4,11,12,13,14). The highest BCUT2D eigenvalue weighted by Crippen LogP contribution is 2.21. The topological polar surface area (TPSA) is 81.5 Å². The van der Waals surface area contributed by atoms with E-state index in [4.69, 9.17) is 34.7 Å². The molecule has 6 heteroatoms. The molecule has 74 valence electrons. The first-order chi connectivity index (χ1) is 6.50. The molecule has 0 bridgehead atoms. The number of amides is 1. The highest BCUT2D eigenvalue weighted by atomic mass is 35.5. The third-order valence-electron chi connectivity index (χ3n) is 1.39. The van der Waals surface area contributed by atoms with E-state index in [1.165, 1.54) is 18.2 Å². The Balaban J connectivity index is 3.08. The number of carbonyl (C=O) groups excluding carboxylic acids is 1. The fraction of sp³-hybridized carbons (Fsp3) is 0. The molecule has 0 heterocycles. The van der Waals surface area contributed by atoms with E-state index >= 15 is 0 Å². The minimum absolute atomic E-state index is 0.212. The van der Waals surface area contributed by atoms with E-state index in [-0.39, 0.29) is 16.5 Å². The van der Waals surface area contributed by atoms with E-state index in [9.17, 15) is 4.79 Å². The van der Waals surface area contributed by atoms with Crippen LogP contribution in [0.3, 0.4) is 0 Å². The van der Waals surface area contributed by atoms with E-state index < -0.39 is 5.91 Å². The molecule has 0 aliphatic rings. The summed E-state index contributed by atoms with van der Waals surface area (Å²) in [7, 11) is 0. The molecule has 1 aromatic rings. The third-order valence-corrected chi connectivity index (χ3v) is 1.94. The number of halogens is 2. The second kappa shape index (κ2) is 4.30. The van der Waals surface area contributed by atoms with E-state index in [0.29, 0.717) is 5.02 Å². The third kappa shape index (κ3) is 2.61. The second-order valence-corrected chi connectivity index (χ2v) is 3.31. The van der Waals surface area contributed by atoms with Crippen molar-refractivity contribution in [3.8, 4) is 0 Å².